The molecule has 0 spiro atoms. The maximum absolute atomic E-state index is 10.8. The fourth-order valence-electron chi connectivity index (χ4n) is 1.95. The average molecular weight is 306 g/mol. The van der Waals surface area contributed by atoms with Crippen LogP contribution in [0.1, 0.15) is 11.1 Å². The minimum atomic E-state index is -0.482. The Hall–Kier alpha value is -3.39. The van der Waals surface area contributed by atoms with E-state index in [0.29, 0.717) is 23.5 Å². The number of hydrogen-bond acceptors (Lipinski definition) is 4. The normalized spacial score (nSPS) is 10.7. The van der Waals surface area contributed by atoms with Gasteiger partial charge in [0.05, 0.1) is 16.6 Å². The van der Waals surface area contributed by atoms with Gasteiger partial charge in [0, 0.05) is 12.1 Å². The minimum absolute atomic E-state index is 0.0446. The van der Waals surface area contributed by atoms with Crippen LogP contribution in [0.4, 0.5) is 5.69 Å². The van der Waals surface area contributed by atoms with E-state index in [1.165, 1.54) is 12.1 Å². The fourth-order valence-corrected chi connectivity index (χ4v) is 1.95. The van der Waals surface area contributed by atoms with Gasteiger partial charge < -0.3 is 4.74 Å². The summed E-state index contributed by atoms with van der Waals surface area (Å²) in [6.07, 6.45) is 3.33. The summed E-state index contributed by atoms with van der Waals surface area (Å²) in [4.78, 5) is 10.3. The molecule has 0 atom stereocenters. The molecule has 2 rings (SSSR count). The number of hydrogen-bond donors (Lipinski definition) is 0. The van der Waals surface area contributed by atoms with Gasteiger partial charge in [-0.05, 0) is 29.3 Å². The quantitative estimate of drug-likeness (QED) is 0.263. The van der Waals surface area contributed by atoms with E-state index in [4.69, 9.17) is 4.74 Å². The molecule has 0 unspecified atom stereocenters. The smallest absolute Gasteiger partial charge is 0.270 e. The molecule has 0 radical (unpaired) electrons. The van der Waals surface area contributed by atoms with Gasteiger partial charge in [0.25, 0.3) is 5.69 Å². The second-order valence-corrected chi connectivity index (χ2v) is 4.65. The fraction of sp³-hybridized carbons (Fsp3) is 0.0556. The zero-order valence-corrected chi connectivity index (χ0v) is 12.3. The standard InChI is InChI=1S/C18H14N2O3/c1-2-10-23-18-8-6-14(7-9-18)11-16(13-19)15-4-3-5-17(12-15)20(21)22/h2-9,11-12H,1,10H2. The molecule has 5 nitrogen and oxygen atoms in total. The van der Waals surface area contributed by atoms with Crippen LogP contribution in [-0.4, -0.2) is 11.5 Å². The van der Waals surface area contributed by atoms with Crippen molar-refractivity contribution in [1.29, 1.82) is 5.26 Å². The first-order valence-electron chi connectivity index (χ1n) is 6.84. The van der Waals surface area contributed by atoms with Crippen LogP contribution in [-0.2, 0) is 0 Å². The second-order valence-electron chi connectivity index (χ2n) is 4.65. The van der Waals surface area contributed by atoms with E-state index in [2.05, 4.69) is 12.6 Å². The van der Waals surface area contributed by atoms with Crippen LogP contribution >= 0.6 is 0 Å². The number of nitro benzene ring substituents is 1. The predicted octanol–water partition coefficient (Wildman–Crippen LogP) is 4.22. The van der Waals surface area contributed by atoms with Gasteiger partial charge in [-0.1, -0.05) is 36.9 Å². The van der Waals surface area contributed by atoms with Crippen molar-refractivity contribution in [3.8, 4) is 11.8 Å². The van der Waals surface area contributed by atoms with Crippen molar-refractivity contribution in [3.05, 3.63) is 82.4 Å². The first-order chi connectivity index (χ1) is 11.1. The van der Waals surface area contributed by atoms with Crippen molar-refractivity contribution in [2.75, 3.05) is 6.61 Å². The highest BCUT2D eigenvalue weighted by atomic mass is 16.6. The molecule has 0 N–H and O–H groups in total. The van der Waals surface area contributed by atoms with E-state index in [1.54, 1.807) is 36.4 Å². The predicted molar refractivity (Wildman–Crippen MR) is 88.7 cm³/mol. The van der Waals surface area contributed by atoms with E-state index in [-0.39, 0.29) is 5.69 Å². The van der Waals surface area contributed by atoms with Crippen LogP contribution in [0.25, 0.3) is 11.6 Å². The summed E-state index contributed by atoms with van der Waals surface area (Å²) in [7, 11) is 0. The lowest BCUT2D eigenvalue weighted by Gasteiger charge is -2.04. The molecule has 0 aliphatic carbocycles. The van der Waals surface area contributed by atoms with E-state index in [1.807, 2.05) is 12.1 Å². The van der Waals surface area contributed by atoms with Gasteiger partial charge in [0.15, 0.2) is 0 Å². The van der Waals surface area contributed by atoms with Crippen molar-refractivity contribution >= 4 is 17.3 Å². The van der Waals surface area contributed by atoms with Gasteiger partial charge in [0.1, 0.15) is 12.4 Å². The maximum Gasteiger partial charge on any atom is 0.270 e. The monoisotopic (exact) mass is 306 g/mol. The van der Waals surface area contributed by atoms with Gasteiger partial charge >= 0.3 is 0 Å². The number of nitro groups is 1. The highest BCUT2D eigenvalue weighted by molar-refractivity contribution is 5.90. The van der Waals surface area contributed by atoms with Crippen LogP contribution in [0.5, 0.6) is 5.75 Å². The zero-order chi connectivity index (χ0) is 16.7. The molecule has 0 saturated heterocycles. The van der Waals surface area contributed by atoms with Crippen molar-refractivity contribution in [1.82, 2.24) is 0 Å². The lowest BCUT2D eigenvalue weighted by molar-refractivity contribution is -0.384. The number of non-ortho nitro benzene ring substituents is 1. The zero-order valence-electron chi connectivity index (χ0n) is 12.3. The summed E-state index contributed by atoms with van der Waals surface area (Å²) in [5.74, 6) is 0.705. The molecular weight excluding hydrogens is 292 g/mol. The Morgan fingerprint density at radius 2 is 2.04 bits per heavy atom. The second kappa shape index (κ2) is 7.57. The molecule has 0 aliphatic heterocycles. The van der Waals surface area contributed by atoms with Gasteiger partial charge in [-0.15, -0.1) is 0 Å². The topological polar surface area (TPSA) is 76.2 Å². The Morgan fingerprint density at radius 1 is 1.30 bits per heavy atom. The molecule has 0 saturated carbocycles. The van der Waals surface area contributed by atoms with Crippen LogP contribution in [0.2, 0.25) is 0 Å². The highest BCUT2D eigenvalue weighted by Crippen LogP contribution is 2.23. The lowest BCUT2D eigenvalue weighted by atomic mass is 10.0. The van der Waals surface area contributed by atoms with Crippen molar-refractivity contribution in [2.24, 2.45) is 0 Å². The van der Waals surface area contributed by atoms with Crippen molar-refractivity contribution in [2.45, 2.75) is 0 Å². The van der Waals surface area contributed by atoms with E-state index in [9.17, 15) is 15.4 Å². The molecular formula is C18H14N2O3. The Bertz CT molecular complexity index is 787. The maximum atomic E-state index is 10.8. The average Bonchev–Trinajstić information content (AvgIpc) is 2.59. The van der Waals surface area contributed by atoms with Gasteiger partial charge in [-0.3, -0.25) is 10.1 Å². The van der Waals surface area contributed by atoms with Gasteiger partial charge in [-0.2, -0.15) is 5.26 Å². The number of nitrogens with zero attached hydrogens (tertiary/aromatic N) is 2. The molecule has 0 aliphatic rings. The molecule has 2 aromatic carbocycles. The molecule has 0 heterocycles. The number of ether oxygens (including phenoxy) is 1. The number of allylic oxidation sites excluding steroid dienone is 1. The Kier molecular flexibility index (Phi) is 5.26. The number of rotatable bonds is 6. The third kappa shape index (κ3) is 4.29. The minimum Gasteiger partial charge on any atom is -0.490 e. The van der Waals surface area contributed by atoms with E-state index in [0.717, 1.165) is 5.56 Å². The first kappa shape index (κ1) is 16.0. The molecule has 114 valence electrons. The molecule has 0 fully saturated rings. The third-order valence-electron chi connectivity index (χ3n) is 3.05. The first-order valence-corrected chi connectivity index (χ1v) is 6.84. The largest absolute Gasteiger partial charge is 0.490 e. The summed E-state index contributed by atoms with van der Waals surface area (Å²) in [6, 6.07) is 15.3. The summed E-state index contributed by atoms with van der Waals surface area (Å²) >= 11 is 0. The van der Waals surface area contributed by atoms with Crippen LogP contribution < -0.4 is 4.74 Å². The lowest BCUT2D eigenvalue weighted by Crippen LogP contribution is -1.92. The van der Waals surface area contributed by atoms with E-state index < -0.39 is 4.92 Å². The van der Waals surface area contributed by atoms with Crippen molar-refractivity contribution in [3.63, 3.8) is 0 Å². The SMILES string of the molecule is C=CCOc1ccc(C=C(C#N)c2cccc([N+](=O)[O-])c2)cc1. The van der Waals surface area contributed by atoms with Crippen molar-refractivity contribution < 1.29 is 9.66 Å². The molecule has 5 heteroatoms. The third-order valence-corrected chi connectivity index (χ3v) is 3.05. The molecule has 0 aromatic heterocycles. The summed E-state index contributed by atoms with van der Waals surface area (Å²) < 4.78 is 5.39. The van der Waals surface area contributed by atoms with Crippen LogP contribution in [0, 0.1) is 21.4 Å². The Balaban J connectivity index is 2.28. The summed E-state index contributed by atoms with van der Waals surface area (Å²) in [6.45, 7) is 4.00. The molecule has 0 bridgehead atoms. The number of benzene rings is 2. The van der Waals surface area contributed by atoms with Gasteiger partial charge in [-0.25, -0.2) is 0 Å². The molecule has 0 amide bonds. The summed E-state index contributed by atoms with van der Waals surface area (Å²) in [5.41, 5.74) is 1.62. The highest BCUT2D eigenvalue weighted by Gasteiger charge is 2.08. The number of nitriles is 1. The van der Waals surface area contributed by atoms with Gasteiger partial charge in [0.2, 0.25) is 0 Å². The Morgan fingerprint density at radius 3 is 2.65 bits per heavy atom. The van der Waals surface area contributed by atoms with Crippen LogP contribution in [0.3, 0.4) is 0 Å². The molecule has 23 heavy (non-hydrogen) atoms. The summed E-state index contributed by atoms with van der Waals surface area (Å²) in [5, 5.41) is 20.1. The van der Waals surface area contributed by atoms with E-state index >= 15 is 0 Å². The molecule has 2 aromatic rings. The van der Waals surface area contributed by atoms with Crippen LogP contribution in [0.15, 0.2) is 61.2 Å². The Labute approximate surface area is 133 Å².